The fourth-order valence-electron chi connectivity index (χ4n) is 2.69. The zero-order chi connectivity index (χ0) is 18.6. The van der Waals surface area contributed by atoms with Crippen molar-refractivity contribution in [3.05, 3.63) is 59.7 Å². The summed E-state index contributed by atoms with van der Waals surface area (Å²) < 4.78 is 25.9. The van der Waals surface area contributed by atoms with Crippen molar-refractivity contribution in [2.75, 3.05) is 28.6 Å². The maximum absolute atomic E-state index is 12.8. The summed E-state index contributed by atoms with van der Waals surface area (Å²) in [6.07, 6.45) is 1.13. The third-order valence-electron chi connectivity index (χ3n) is 4.00. The van der Waals surface area contributed by atoms with Gasteiger partial charge >= 0.3 is 0 Å². The highest BCUT2D eigenvalue weighted by Crippen LogP contribution is 2.24. The first-order valence-corrected chi connectivity index (χ1v) is 9.99. The molecule has 25 heavy (non-hydrogen) atoms. The summed E-state index contributed by atoms with van der Waals surface area (Å²) in [5.41, 5.74) is 3.05. The molecular weight excluding hydrogens is 336 g/mol. The highest BCUT2D eigenvalue weighted by atomic mass is 32.2. The number of hydrogen-bond donors (Lipinski definition) is 0. The number of rotatable bonds is 6. The lowest BCUT2D eigenvalue weighted by Gasteiger charge is -2.28. The third-order valence-corrected chi connectivity index (χ3v) is 5.12. The van der Waals surface area contributed by atoms with Gasteiger partial charge in [-0.15, -0.1) is 0 Å². The molecule has 0 atom stereocenters. The van der Waals surface area contributed by atoms with Crippen molar-refractivity contribution in [2.24, 2.45) is 0 Å². The molecule has 0 saturated carbocycles. The topological polar surface area (TPSA) is 57.7 Å². The Morgan fingerprint density at radius 1 is 1.04 bits per heavy atom. The van der Waals surface area contributed by atoms with Crippen molar-refractivity contribution >= 4 is 27.3 Å². The molecule has 2 aromatic rings. The first-order valence-electron chi connectivity index (χ1n) is 8.14. The number of sulfonamides is 1. The number of carbonyl (C=O) groups is 1. The Kier molecular flexibility index (Phi) is 5.85. The van der Waals surface area contributed by atoms with Gasteiger partial charge in [0.05, 0.1) is 11.9 Å². The third kappa shape index (κ3) is 4.60. The van der Waals surface area contributed by atoms with Crippen LogP contribution in [0.15, 0.2) is 48.5 Å². The van der Waals surface area contributed by atoms with Crippen LogP contribution in [0.4, 0.5) is 11.4 Å². The number of anilines is 2. The van der Waals surface area contributed by atoms with Crippen molar-refractivity contribution in [1.82, 2.24) is 0 Å². The molecule has 0 radical (unpaired) electrons. The van der Waals surface area contributed by atoms with E-state index in [9.17, 15) is 13.2 Å². The van der Waals surface area contributed by atoms with E-state index in [1.807, 2.05) is 63.2 Å². The second-order valence-corrected chi connectivity index (χ2v) is 7.94. The minimum atomic E-state index is -3.59. The fourth-order valence-corrected chi connectivity index (χ4v) is 3.59. The van der Waals surface area contributed by atoms with Gasteiger partial charge in [0.1, 0.15) is 6.54 Å². The van der Waals surface area contributed by atoms with E-state index in [1.54, 1.807) is 11.0 Å². The molecule has 0 heterocycles. The van der Waals surface area contributed by atoms with E-state index in [0.717, 1.165) is 23.1 Å². The summed E-state index contributed by atoms with van der Waals surface area (Å²) >= 11 is 0. The molecule has 0 fully saturated rings. The van der Waals surface area contributed by atoms with Gasteiger partial charge in [0.2, 0.25) is 15.9 Å². The Bertz CT molecular complexity index is 848. The number of benzene rings is 2. The molecule has 134 valence electrons. The quantitative estimate of drug-likeness (QED) is 0.795. The average molecular weight is 360 g/mol. The Morgan fingerprint density at radius 3 is 2.24 bits per heavy atom. The van der Waals surface area contributed by atoms with Crippen LogP contribution in [0.5, 0.6) is 0 Å². The summed E-state index contributed by atoms with van der Waals surface area (Å²) in [5.74, 6) is -0.264. The van der Waals surface area contributed by atoms with Gasteiger partial charge in [0.25, 0.3) is 0 Å². The zero-order valence-electron chi connectivity index (χ0n) is 15.1. The molecule has 0 bridgehead atoms. The number of amides is 1. The standard InChI is InChI=1S/C19H24N2O3S/c1-5-20(17-9-7-6-8-10-17)19(22)14-21(25(4,23)24)18-13-15(2)11-12-16(18)3/h6-13H,5,14H2,1-4H3. The Morgan fingerprint density at radius 2 is 1.68 bits per heavy atom. The van der Waals surface area contributed by atoms with Crippen LogP contribution in [-0.4, -0.2) is 33.7 Å². The smallest absolute Gasteiger partial charge is 0.247 e. The first-order chi connectivity index (χ1) is 11.7. The molecule has 2 aromatic carbocycles. The highest BCUT2D eigenvalue weighted by molar-refractivity contribution is 7.92. The molecule has 1 amide bonds. The molecule has 0 N–H and O–H groups in total. The SMILES string of the molecule is CCN(C(=O)CN(c1cc(C)ccc1C)S(C)(=O)=O)c1ccccc1. The predicted octanol–water partition coefficient (Wildman–Crippen LogP) is 3.12. The number of hydrogen-bond acceptors (Lipinski definition) is 3. The van der Waals surface area contributed by atoms with E-state index < -0.39 is 10.0 Å². The molecule has 0 saturated heterocycles. The number of likely N-dealkylation sites (N-methyl/N-ethyl adjacent to an activating group) is 1. The average Bonchev–Trinajstić information content (AvgIpc) is 2.56. The van der Waals surface area contributed by atoms with Crippen molar-refractivity contribution in [3.63, 3.8) is 0 Å². The molecule has 0 aromatic heterocycles. The summed E-state index contributed by atoms with van der Waals surface area (Å²) in [6.45, 7) is 5.84. The highest BCUT2D eigenvalue weighted by Gasteiger charge is 2.25. The lowest BCUT2D eigenvalue weighted by Crippen LogP contribution is -2.43. The molecule has 6 heteroatoms. The van der Waals surface area contributed by atoms with E-state index in [4.69, 9.17) is 0 Å². The van der Waals surface area contributed by atoms with E-state index in [1.165, 1.54) is 4.31 Å². The second kappa shape index (κ2) is 7.70. The van der Waals surface area contributed by atoms with Crippen molar-refractivity contribution in [2.45, 2.75) is 20.8 Å². The van der Waals surface area contributed by atoms with Gasteiger partial charge in [0.15, 0.2) is 0 Å². The van der Waals surface area contributed by atoms with Gasteiger partial charge < -0.3 is 4.90 Å². The Hall–Kier alpha value is -2.34. The van der Waals surface area contributed by atoms with Crippen molar-refractivity contribution in [1.29, 1.82) is 0 Å². The van der Waals surface area contributed by atoms with Crippen LogP contribution in [0.2, 0.25) is 0 Å². The molecule has 0 aliphatic heterocycles. The largest absolute Gasteiger partial charge is 0.311 e. The van der Waals surface area contributed by atoms with Crippen LogP contribution in [0, 0.1) is 13.8 Å². The van der Waals surface area contributed by atoms with Gasteiger partial charge in [-0.25, -0.2) is 8.42 Å². The van der Waals surface area contributed by atoms with E-state index >= 15 is 0 Å². The summed E-state index contributed by atoms with van der Waals surface area (Å²) in [4.78, 5) is 14.4. The molecule has 0 aliphatic carbocycles. The summed E-state index contributed by atoms with van der Waals surface area (Å²) in [5, 5.41) is 0. The number of nitrogens with zero attached hydrogens (tertiary/aromatic N) is 2. The Balaban J connectivity index is 2.37. The van der Waals surface area contributed by atoms with Gasteiger partial charge in [-0.05, 0) is 50.1 Å². The minimum absolute atomic E-state index is 0.230. The van der Waals surface area contributed by atoms with E-state index in [0.29, 0.717) is 12.2 Å². The van der Waals surface area contributed by atoms with Gasteiger partial charge in [-0.1, -0.05) is 30.3 Å². The zero-order valence-corrected chi connectivity index (χ0v) is 15.9. The van der Waals surface area contributed by atoms with Crippen LogP contribution < -0.4 is 9.21 Å². The van der Waals surface area contributed by atoms with Gasteiger partial charge in [0, 0.05) is 12.2 Å². The fraction of sp³-hybridized carbons (Fsp3) is 0.316. The van der Waals surface area contributed by atoms with Crippen LogP contribution in [0.25, 0.3) is 0 Å². The van der Waals surface area contributed by atoms with Crippen molar-refractivity contribution in [3.8, 4) is 0 Å². The molecular formula is C19H24N2O3S. The summed E-state index contributed by atoms with van der Waals surface area (Å²) in [6, 6.07) is 14.8. The van der Waals surface area contributed by atoms with E-state index in [2.05, 4.69) is 0 Å². The number of para-hydroxylation sites is 1. The lowest BCUT2D eigenvalue weighted by molar-refractivity contribution is -0.117. The lowest BCUT2D eigenvalue weighted by atomic mass is 10.1. The van der Waals surface area contributed by atoms with E-state index in [-0.39, 0.29) is 12.5 Å². The first kappa shape index (κ1) is 19.0. The van der Waals surface area contributed by atoms with Crippen LogP contribution >= 0.6 is 0 Å². The maximum Gasteiger partial charge on any atom is 0.247 e. The van der Waals surface area contributed by atoms with Crippen LogP contribution in [0.3, 0.4) is 0 Å². The molecule has 2 rings (SSSR count). The van der Waals surface area contributed by atoms with Gasteiger partial charge in [-0.3, -0.25) is 9.10 Å². The minimum Gasteiger partial charge on any atom is -0.311 e. The monoisotopic (exact) mass is 360 g/mol. The molecule has 0 unspecified atom stereocenters. The van der Waals surface area contributed by atoms with Crippen molar-refractivity contribution < 1.29 is 13.2 Å². The predicted molar refractivity (Wildman–Crippen MR) is 103 cm³/mol. The number of aryl methyl sites for hydroxylation is 2. The molecule has 5 nitrogen and oxygen atoms in total. The summed E-state index contributed by atoms with van der Waals surface area (Å²) in [7, 11) is -3.59. The maximum atomic E-state index is 12.8. The second-order valence-electron chi connectivity index (χ2n) is 6.03. The van der Waals surface area contributed by atoms with Gasteiger partial charge in [-0.2, -0.15) is 0 Å². The molecule has 0 aliphatic rings. The number of carbonyl (C=O) groups excluding carboxylic acids is 1. The van der Waals surface area contributed by atoms with Crippen LogP contribution in [-0.2, 0) is 14.8 Å². The molecule has 0 spiro atoms. The van der Waals surface area contributed by atoms with Crippen LogP contribution in [0.1, 0.15) is 18.1 Å². The Labute approximate surface area is 149 Å². The normalized spacial score (nSPS) is 11.2.